The summed E-state index contributed by atoms with van der Waals surface area (Å²) >= 11 is 17.5. The number of fused-ring (bicyclic) bond motifs is 1. The molecule has 1 heterocycles. The van der Waals surface area contributed by atoms with Gasteiger partial charge in [0.25, 0.3) is 11.0 Å². The van der Waals surface area contributed by atoms with Crippen LogP contribution >= 0.6 is 34.8 Å². The summed E-state index contributed by atoms with van der Waals surface area (Å²) in [4.78, 5) is 24.9. The maximum absolute atomic E-state index is 11.3. The van der Waals surface area contributed by atoms with Crippen molar-refractivity contribution in [2.75, 3.05) is 0 Å². The first-order chi connectivity index (χ1) is 7.91. The minimum absolute atomic E-state index is 0.0516. The fraction of sp³-hybridized carbons (Fsp3) is 0. The van der Waals surface area contributed by atoms with Gasteiger partial charge in [0.05, 0.1) is 20.6 Å². The normalized spacial score (nSPS) is 10.8. The molecule has 0 saturated carbocycles. The Balaban J connectivity index is 3.15. The summed E-state index contributed by atoms with van der Waals surface area (Å²) in [7, 11) is 0. The zero-order valence-corrected chi connectivity index (χ0v) is 10.3. The maximum Gasteiger partial charge on any atom is 0.300 e. The van der Waals surface area contributed by atoms with Crippen LogP contribution in [0, 0.1) is 0 Å². The second-order valence-corrected chi connectivity index (χ2v) is 4.42. The Labute approximate surface area is 109 Å². The largest absolute Gasteiger partial charge is 0.504 e. The molecule has 88 valence electrons. The van der Waals surface area contributed by atoms with Gasteiger partial charge in [0.2, 0.25) is 0 Å². The van der Waals surface area contributed by atoms with Gasteiger partial charge >= 0.3 is 0 Å². The lowest BCUT2D eigenvalue weighted by Crippen LogP contribution is -2.22. The van der Waals surface area contributed by atoms with Crippen molar-refractivity contribution in [3.8, 4) is 5.75 Å². The molecular formula is C10H4Cl3NO3. The molecule has 0 saturated heterocycles. The van der Waals surface area contributed by atoms with E-state index in [0.29, 0.717) is 0 Å². The number of hydrogen-bond donors (Lipinski definition) is 2. The van der Waals surface area contributed by atoms with Gasteiger partial charge in [-0.05, 0) is 12.1 Å². The standard InChI is InChI=1S/C10H4Cl3NO3/c11-4-2-5-3(7(12)8(4)13)1-6(15)9(16)10(17)14-5/h1-2H,(H2,14,15,16,17). The lowest BCUT2D eigenvalue weighted by atomic mass is 10.2. The fourth-order valence-corrected chi connectivity index (χ4v) is 2.02. The Morgan fingerprint density at radius 2 is 1.71 bits per heavy atom. The molecule has 2 aromatic rings. The molecule has 0 aliphatic rings. The highest BCUT2D eigenvalue weighted by atomic mass is 35.5. The fourth-order valence-electron chi connectivity index (χ4n) is 1.35. The molecule has 2 rings (SSSR count). The number of rotatable bonds is 0. The molecule has 0 fully saturated rings. The van der Waals surface area contributed by atoms with Crippen molar-refractivity contribution in [2.24, 2.45) is 0 Å². The van der Waals surface area contributed by atoms with Crippen molar-refractivity contribution in [2.45, 2.75) is 0 Å². The minimum Gasteiger partial charge on any atom is -0.504 e. The molecule has 1 aromatic heterocycles. The van der Waals surface area contributed by atoms with Crippen molar-refractivity contribution in [1.82, 2.24) is 4.98 Å². The van der Waals surface area contributed by atoms with Crippen LogP contribution in [0.2, 0.25) is 15.1 Å². The molecule has 0 aliphatic heterocycles. The SMILES string of the molecule is O=c1[nH]c2cc(Cl)c(Cl)c(Cl)c2cc(O)c1=O. The number of nitrogens with one attached hydrogen (secondary N) is 1. The van der Waals surface area contributed by atoms with Gasteiger partial charge in [-0.15, -0.1) is 0 Å². The topological polar surface area (TPSA) is 70.2 Å². The van der Waals surface area contributed by atoms with Crippen LogP contribution < -0.4 is 11.0 Å². The second kappa shape index (κ2) is 4.22. The quantitative estimate of drug-likeness (QED) is 0.579. The van der Waals surface area contributed by atoms with Gasteiger partial charge in [0.1, 0.15) is 0 Å². The number of aromatic nitrogens is 1. The molecule has 0 amide bonds. The van der Waals surface area contributed by atoms with E-state index in [0.717, 1.165) is 6.07 Å². The van der Waals surface area contributed by atoms with Gasteiger partial charge in [0, 0.05) is 5.39 Å². The van der Waals surface area contributed by atoms with Gasteiger partial charge in [-0.3, -0.25) is 9.59 Å². The predicted molar refractivity (Wildman–Crippen MR) is 67.5 cm³/mol. The van der Waals surface area contributed by atoms with Gasteiger partial charge < -0.3 is 10.1 Å². The number of aromatic hydroxyl groups is 1. The predicted octanol–water partition coefficient (Wildman–Crippen LogP) is 2.55. The molecule has 17 heavy (non-hydrogen) atoms. The average Bonchev–Trinajstić information content (AvgIpc) is 2.38. The smallest absolute Gasteiger partial charge is 0.300 e. The highest BCUT2D eigenvalue weighted by Crippen LogP contribution is 2.35. The third-order valence-electron chi connectivity index (χ3n) is 2.17. The van der Waals surface area contributed by atoms with Crippen molar-refractivity contribution >= 4 is 45.7 Å². The lowest BCUT2D eigenvalue weighted by molar-refractivity contribution is 0.470. The number of H-pyrrole nitrogens is 1. The average molecular weight is 293 g/mol. The Hall–Kier alpha value is -1.23. The van der Waals surface area contributed by atoms with Crippen molar-refractivity contribution in [3.05, 3.63) is 47.8 Å². The zero-order chi connectivity index (χ0) is 12.7. The molecule has 1 aromatic carbocycles. The van der Waals surface area contributed by atoms with Crippen molar-refractivity contribution in [1.29, 1.82) is 0 Å². The van der Waals surface area contributed by atoms with Crippen LogP contribution in [0.5, 0.6) is 5.75 Å². The van der Waals surface area contributed by atoms with E-state index >= 15 is 0 Å². The van der Waals surface area contributed by atoms with E-state index in [1.807, 2.05) is 0 Å². The molecule has 0 aliphatic carbocycles. The van der Waals surface area contributed by atoms with E-state index in [9.17, 15) is 14.7 Å². The van der Waals surface area contributed by atoms with Crippen molar-refractivity contribution < 1.29 is 5.11 Å². The van der Waals surface area contributed by atoms with Gasteiger partial charge in [-0.2, -0.15) is 0 Å². The zero-order valence-electron chi connectivity index (χ0n) is 8.05. The molecule has 0 atom stereocenters. The van der Waals surface area contributed by atoms with E-state index in [1.165, 1.54) is 6.07 Å². The van der Waals surface area contributed by atoms with E-state index < -0.39 is 16.7 Å². The first-order valence-electron chi connectivity index (χ1n) is 4.35. The van der Waals surface area contributed by atoms with Crippen LogP contribution in [0.25, 0.3) is 10.9 Å². The Kier molecular flexibility index (Phi) is 3.03. The van der Waals surface area contributed by atoms with Crippen LogP contribution in [0.4, 0.5) is 0 Å². The van der Waals surface area contributed by atoms with E-state index in [2.05, 4.69) is 4.98 Å². The van der Waals surface area contributed by atoms with E-state index in [1.54, 1.807) is 0 Å². The first kappa shape index (κ1) is 12.2. The second-order valence-electron chi connectivity index (χ2n) is 3.26. The van der Waals surface area contributed by atoms with Gasteiger partial charge in [-0.25, -0.2) is 0 Å². The van der Waals surface area contributed by atoms with Crippen LogP contribution in [0.15, 0.2) is 21.7 Å². The van der Waals surface area contributed by atoms with E-state index in [-0.39, 0.29) is 26.0 Å². The molecular weight excluding hydrogens is 288 g/mol. The molecule has 2 N–H and O–H groups in total. The maximum atomic E-state index is 11.3. The minimum atomic E-state index is -1.05. The first-order valence-corrected chi connectivity index (χ1v) is 5.49. The van der Waals surface area contributed by atoms with Crippen LogP contribution in [0.1, 0.15) is 0 Å². The van der Waals surface area contributed by atoms with E-state index in [4.69, 9.17) is 34.8 Å². The molecule has 4 nitrogen and oxygen atoms in total. The third kappa shape index (κ3) is 1.99. The summed E-state index contributed by atoms with van der Waals surface area (Å²) in [6, 6.07) is 2.42. The van der Waals surface area contributed by atoms with Gasteiger partial charge in [-0.1, -0.05) is 34.8 Å². The number of aromatic amines is 1. The third-order valence-corrected chi connectivity index (χ3v) is 3.44. The Morgan fingerprint density at radius 3 is 2.35 bits per heavy atom. The molecule has 0 unspecified atom stereocenters. The highest BCUT2D eigenvalue weighted by Gasteiger charge is 2.11. The van der Waals surface area contributed by atoms with Gasteiger partial charge in [0.15, 0.2) is 5.75 Å². The summed E-state index contributed by atoms with van der Waals surface area (Å²) in [6.07, 6.45) is 0. The summed E-state index contributed by atoms with van der Waals surface area (Å²) in [5.41, 5.74) is -1.80. The molecule has 0 radical (unpaired) electrons. The monoisotopic (exact) mass is 291 g/mol. The van der Waals surface area contributed by atoms with Crippen LogP contribution in [0.3, 0.4) is 0 Å². The Bertz CT molecular complexity index is 739. The highest BCUT2D eigenvalue weighted by molar-refractivity contribution is 6.50. The summed E-state index contributed by atoms with van der Waals surface area (Å²) in [6.45, 7) is 0. The molecule has 0 bridgehead atoms. The lowest BCUT2D eigenvalue weighted by Gasteiger charge is -2.01. The molecule has 7 heteroatoms. The van der Waals surface area contributed by atoms with Crippen molar-refractivity contribution in [3.63, 3.8) is 0 Å². The number of benzene rings is 1. The van der Waals surface area contributed by atoms with Crippen LogP contribution in [-0.2, 0) is 0 Å². The summed E-state index contributed by atoms with van der Waals surface area (Å²) in [5.74, 6) is -0.707. The summed E-state index contributed by atoms with van der Waals surface area (Å²) in [5, 5.41) is 9.88. The number of hydrogen-bond acceptors (Lipinski definition) is 3. The van der Waals surface area contributed by atoms with Crippen LogP contribution in [-0.4, -0.2) is 10.1 Å². The summed E-state index contributed by atoms with van der Waals surface area (Å²) < 4.78 is 0. The Morgan fingerprint density at radius 1 is 1.06 bits per heavy atom. The molecule has 0 spiro atoms. The number of halogens is 3.